The fourth-order valence-electron chi connectivity index (χ4n) is 1.75. The van der Waals surface area contributed by atoms with Crippen LogP contribution in [0.5, 0.6) is 0 Å². The highest BCUT2D eigenvalue weighted by Crippen LogP contribution is 2.38. The largest absolute Gasteiger partial charge is 0.481 e. The first-order chi connectivity index (χ1) is 7.02. The van der Waals surface area contributed by atoms with Crippen LogP contribution in [0.2, 0.25) is 0 Å². The van der Waals surface area contributed by atoms with Crippen LogP contribution in [0.25, 0.3) is 0 Å². The molecule has 0 radical (unpaired) electrons. The lowest BCUT2D eigenvalue weighted by molar-refractivity contribution is -0.149. The number of benzene rings is 1. The first-order valence-electron chi connectivity index (χ1n) is 5.30. The van der Waals surface area contributed by atoms with Gasteiger partial charge in [0.2, 0.25) is 0 Å². The summed E-state index contributed by atoms with van der Waals surface area (Å²) in [7, 11) is 0. The molecule has 0 bridgehead atoms. The maximum atomic E-state index is 11.3. The van der Waals surface area contributed by atoms with Crippen LogP contribution in [0, 0.1) is 5.41 Å². The van der Waals surface area contributed by atoms with E-state index in [4.69, 9.17) is 0 Å². The summed E-state index contributed by atoms with van der Waals surface area (Å²) in [5, 5.41) is 9.26. The van der Waals surface area contributed by atoms with Crippen molar-refractivity contribution >= 4 is 5.97 Å². The molecule has 0 amide bonds. The van der Waals surface area contributed by atoms with E-state index in [1.165, 1.54) is 0 Å². The van der Waals surface area contributed by atoms with Crippen molar-refractivity contribution in [3.8, 4) is 0 Å². The van der Waals surface area contributed by atoms with Gasteiger partial charge in [-0.1, -0.05) is 44.2 Å². The maximum absolute atomic E-state index is 11.3. The smallest absolute Gasteiger partial charge is 0.309 e. The summed E-state index contributed by atoms with van der Waals surface area (Å²) < 4.78 is 0. The van der Waals surface area contributed by atoms with Crippen molar-refractivity contribution in [1.82, 2.24) is 0 Å². The molecule has 2 unspecified atom stereocenters. The molecule has 0 aliphatic heterocycles. The van der Waals surface area contributed by atoms with Crippen molar-refractivity contribution in [1.29, 1.82) is 0 Å². The van der Waals surface area contributed by atoms with Gasteiger partial charge in [-0.3, -0.25) is 4.79 Å². The number of carboxylic acid groups (broad SMARTS) is 1. The summed E-state index contributed by atoms with van der Waals surface area (Å²) in [6, 6.07) is 9.82. The van der Waals surface area contributed by atoms with Crippen LogP contribution in [0.4, 0.5) is 0 Å². The molecule has 15 heavy (non-hydrogen) atoms. The zero-order valence-corrected chi connectivity index (χ0v) is 9.53. The molecule has 0 aromatic heterocycles. The molecule has 82 valence electrons. The molecule has 1 N–H and O–H groups in total. The standard InChI is InChI=1S/C13H18O2/c1-4-13(3,12(14)15)10(2)11-8-6-5-7-9-11/h5-10H,4H2,1-3H3,(H,14,15). The Bertz CT molecular complexity index is 332. The van der Waals surface area contributed by atoms with Crippen molar-refractivity contribution in [2.75, 3.05) is 0 Å². The molecule has 2 atom stereocenters. The van der Waals surface area contributed by atoms with Crippen LogP contribution in [-0.2, 0) is 4.79 Å². The highest BCUT2D eigenvalue weighted by molar-refractivity contribution is 5.75. The Labute approximate surface area is 90.9 Å². The van der Waals surface area contributed by atoms with Crippen LogP contribution >= 0.6 is 0 Å². The van der Waals surface area contributed by atoms with Gasteiger partial charge in [0, 0.05) is 0 Å². The number of hydrogen-bond donors (Lipinski definition) is 1. The average molecular weight is 206 g/mol. The van der Waals surface area contributed by atoms with Gasteiger partial charge in [0.25, 0.3) is 0 Å². The first kappa shape index (κ1) is 11.8. The van der Waals surface area contributed by atoms with Crippen LogP contribution in [-0.4, -0.2) is 11.1 Å². The van der Waals surface area contributed by atoms with E-state index in [0.717, 1.165) is 5.56 Å². The Morgan fingerprint density at radius 2 is 1.93 bits per heavy atom. The van der Waals surface area contributed by atoms with Gasteiger partial charge in [-0.2, -0.15) is 0 Å². The van der Waals surface area contributed by atoms with Gasteiger partial charge in [0.15, 0.2) is 0 Å². The van der Waals surface area contributed by atoms with E-state index in [-0.39, 0.29) is 5.92 Å². The molecule has 1 aromatic carbocycles. The molecule has 0 saturated heterocycles. The summed E-state index contributed by atoms with van der Waals surface area (Å²) in [6.45, 7) is 5.72. The Balaban J connectivity index is 3.02. The summed E-state index contributed by atoms with van der Waals surface area (Å²) in [5.74, 6) is -0.692. The third kappa shape index (κ3) is 2.20. The average Bonchev–Trinajstić information content (AvgIpc) is 2.28. The molecule has 1 aromatic rings. The van der Waals surface area contributed by atoms with E-state index < -0.39 is 11.4 Å². The maximum Gasteiger partial charge on any atom is 0.309 e. The second kappa shape index (κ2) is 4.47. The number of hydrogen-bond acceptors (Lipinski definition) is 1. The third-order valence-electron chi connectivity index (χ3n) is 3.48. The molecular weight excluding hydrogens is 188 g/mol. The van der Waals surface area contributed by atoms with E-state index in [1.54, 1.807) is 0 Å². The predicted molar refractivity (Wildman–Crippen MR) is 60.9 cm³/mol. The van der Waals surface area contributed by atoms with Gasteiger partial charge in [-0.05, 0) is 24.8 Å². The number of rotatable bonds is 4. The molecule has 0 saturated carbocycles. The summed E-state index contributed by atoms with van der Waals surface area (Å²) in [5.41, 5.74) is 0.408. The number of aliphatic carboxylic acids is 1. The Morgan fingerprint density at radius 3 is 2.33 bits per heavy atom. The first-order valence-corrected chi connectivity index (χ1v) is 5.30. The van der Waals surface area contributed by atoms with Gasteiger partial charge < -0.3 is 5.11 Å². The van der Waals surface area contributed by atoms with Crippen molar-refractivity contribution in [2.45, 2.75) is 33.1 Å². The number of carboxylic acids is 1. The van der Waals surface area contributed by atoms with Crippen molar-refractivity contribution in [3.63, 3.8) is 0 Å². The summed E-state index contributed by atoms with van der Waals surface area (Å²) in [6.07, 6.45) is 0.637. The van der Waals surface area contributed by atoms with Gasteiger partial charge in [0.05, 0.1) is 5.41 Å². The summed E-state index contributed by atoms with van der Waals surface area (Å²) >= 11 is 0. The second-order valence-electron chi connectivity index (χ2n) is 4.21. The van der Waals surface area contributed by atoms with E-state index in [0.29, 0.717) is 6.42 Å². The van der Waals surface area contributed by atoms with E-state index in [9.17, 15) is 9.90 Å². The van der Waals surface area contributed by atoms with E-state index in [2.05, 4.69) is 0 Å². The molecule has 0 spiro atoms. The van der Waals surface area contributed by atoms with Crippen LogP contribution in [0.1, 0.15) is 38.7 Å². The number of carbonyl (C=O) groups is 1. The second-order valence-corrected chi connectivity index (χ2v) is 4.21. The van der Waals surface area contributed by atoms with Crippen molar-refractivity contribution in [3.05, 3.63) is 35.9 Å². The van der Waals surface area contributed by atoms with Crippen molar-refractivity contribution < 1.29 is 9.90 Å². The van der Waals surface area contributed by atoms with Gasteiger partial charge in [-0.15, -0.1) is 0 Å². The fourth-order valence-corrected chi connectivity index (χ4v) is 1.75. The van der Waals surface area contributed by atoms with E-state index >= 15 is 0 Å². The van der Waals surface area contributed by atoms with Crippen LogP contribution < -0.4 is 0 Å². The van der Waals surface area contributed by atoms with Gasteiger partial charge in [-0.25, -0.2) is 0 Å². The topological polar surface area (TPSA) is 37.3 Å². The monoisotopic (exact) mass is 206 g/mol. The minimum atomic E-state index is -0.721. The normalized spacial score (nSPS) is 16.7. The molecule has 0 fully saturated rings. The minimum absolute atomic E-state index is 0.0289. The lowest BCUT2D eigenvalue weighted by Gasteiger charge is -2.30. The molecule has 2 nitrogen and oxygen atoms in total. The lowest BCUT2D eigenvalue weighted by Crippen LogP contribution is -2.32. The zero-order chi connectivity index (χ0) is 11.5. The molecule has 2 heteroatoms. The molecule has 1 rings (SSSR count). The third-order valence-corrected chi connectivity index (χ3v) is 3.48. The Hall–Kier alpha value is -1.31. The van der Waals surface area contributed by atoms with Gasteiger partial charge in [0.1, 0.15) is 0 Å². The molecule has 0 aliphatic rings. The summed E-state index contributed by atoms with van der Waals surface area (Å²) in [4.78, 5) is 11.3. The van der Waals surface area contributed by atoms with E-state index in [1.807, 2.05) is 51.1 Å². The Kier molecular flexibility index (Phi) is 3.51. The Morgan fingerprint density at radius 1 is 1.40 bits per heavy atom. The van der Waals surface area contributed by atoms with Crippen LogP contribution in [0.3, 0.4) is 0 Å². The highest BCUT2D eigenvalue weighted by Gasteiger charge is 2.37. The quantitative estimate of drug-likeness (QED) is 0.820. The molecule has 0 heterocycles. The SMILES string of the molecule is CCC(C)(C(=O)O)C(C)c1ccccc1. The highest BCUT2D eigenvalue weighted by atomic mass is 16.4. The zero-order valence-electron chi connectivity index (χ0n) is 9.53. The lowest BCUT2D eigenvalue weighted by atomic mass is 9.73. The molecule has 0 aliphatic carbocycles. The van der Waals surface area contributed by atoms with Gasteiger partial charge >= 0.3 is 5.97 Å². The predicted octanol–water partition coefficient (Wildman–Crippen LogP) is 3.29. The van der Waals surface area contributed by atoms with Crippen molar-refractivity contribution in [2.24, 2.45) is 5.41 Å². The minimum Gasteiger partial charge on any atom is -0.481 e. The fraction of sp³-hybridized carbons (Fsp3) is 0.462. The van der Waals surface area contributed by atoms with Crippen LogP contribution in [0.15, 0.2) is 30.3 Å². The molecular formula is C13H18O2.